The first kappa shape index (κ1) is 18.2. The summed E-state index contributed by atoms with van der Waals surface area (Å²) in [7, 11) is 1.82. The van der Waals surface area contributed by atoms with Crippen molar-refractivity contribution < 1.29 is 9.47 Å². The van der Waals surface area contributed by atoms with E-state index in [1.54, 1.807) is 0 Å². The summed E-state index contributed by atoms with van der Waals surface area (Å²) in [5.41, 5.74) is 0.470. The van der Waals surface area contributed by atoms with Gasteiger partial charge >= 0.3 is 0 Å². The predicted octanol–water partition coefficient (Wildman–Crippen LogP) is 2.77. The Morgan fingerprint density at radius 2 is 1.50 bits per heavy atom. The lowest BCUT2D eigenvalue weighted by atomic mass is 9.99. The van der Waals surface area contributed by atoms with Crippen LogP contribution in [0.2, 0.25) is 0 Å². The van der Waals surface area contributed by atoms with Gasteiger partial charge in [-0.05, 0) is 53.9 Å². The van der Waals surface area contributed by atoms with Crippen molar-refractivity contribution in [3.63, 3.8) is 0 Å². The van der Waals surface area contributed by atoms with Crippen LogP contribution in [0.5, 0.6) is 0 Å². The molecular weight excluding hydrogens is 276 g/mol. The Kier molecular flexibility index (Phi) is 5.92. The maximum Gasteiger partial charge on any atom is 0.0714 e. The number of rotatable bonds is 6. The predicted molar refractivity (Wildman–Crippen MR) is 91.4 cm³/mol. The van der Waals surface area contributed by atoms with E-state index >= 15 is 0 Å². The largest absolute Gasteiger partial charge is 0.380 e. The first-order valence-electron chi connectivity index (χ1n) is 8.87. The average Bonchev–Trinajstić information content (AvgIpc) is 3.06. The van der Waals surface area contributed by atoms with Crippen molar-refractivity contribution in [2.45, 2.75) is 77.2 Å². The molecule has 0 radical (unpaired) electrons. The molecule has 0 aromatic rings. The number of hydrogen-bond acceptors (Lipinski definition) is 4. The zero-order chi connectivity index (χ0) is 16.4. The van der Waals surface area contributed by atoms with Gasteiger partial charge in [-0.15, -0.1) is 0 Å². The van der Waals surface area contributed by atoms with Gasteiger partial charge < -0.3 is 9.47 Å². The zero-order valence-corrected chi connectivity index (χ0v) is 15.5. The summed E-state index contributed by atoms with van der Waals surface area (Å²) in [6.45, 7) is 16.9. The van der Waals surface area contributed by atoms with Crippen molar-refractivity contribution in [1.29, 1.82) is 0 Å². The highest BCUT2D eigenvalue weighted by Gasteiger charge is 2.34. The van der Waals surface area contributed by atoms with Crippen LogP contribution in [0.3, 0.4) is 0 Å². The Hall–Kier alpha value is -0.160. The van der Waals surface area contributed by atoms with Gasteiger partial charge in [-0.25, -0.2) is 0 Å². The van der Waals surface area contributed by atoms with Crippen LogP contribution >= 0.6 is 0 Å². The molecule has 2 rings (SSSR count). The van der Waals surface area contributed by atoms with Crippen molar-refractivity contribution in [3.05, 3.63) is 0 Å². The Bertz CT molecular complexity index is 351. The number of methoxy groups -OCH3 is 1. The minimum absolute atomic E-state index is 0.204. The van der Waals surface area contributed by atoms with E-state index in [-0.39, 0.29) is 11.1 Å². The van der Waals surface area contributed by atoms with Crippen LogP contribution in [0, 0.1) is 0 Å². The molecular formula is C18H36N2O2. The summed E-state index contributed by atoms with van der Waals surface area (Å²) in [5.74, 6) is 0. The number of likely N-dealkylation sites (tertiary alicyclic amines) is 2. The molecule has 0 saturated carbocycles. The molecule has 0 unspecified atom stereocenters. The molecule has 0 amide bonds. The van der Waals surface area contributed by atoms with Crippen molar-refractivity contribution >= 4 is 0 Å². The maximum atomic E-state index is 6.18. The lowest BCUT2D eigenvalue weighted by Gasteiger charge is -2.36. The van der Waals surface area contributed by atoms with Crippen molar-refractivity contribution in [1.82, 2.24) is 9.80 Å². The third kappa shape index (κ3) is 4.67. The van der Waals surface area contributed by atoms with E-state index in [1.165, 1.54) is 13.0 Å². The smallest absolute Gasteiger partial charge is 0.0714 e. The summed E-state index contributed by atoms with van der Waals surface area (Å²) in [6.07, 6.45) is 4.25. The minimum atomic E-state index is 0.204. The first-order valence-corrected chi connectivity index (χ1v) is 8.87. The van der Waals surface area contributed by atoms with Crippen molar-refractivity contribution in [2.24, 2.45) is 0 Å². The second-order valence-corrected chi connectivity index (χ2v) is 8.55. The van der Waals surface area contributed by atoms with Crippen LogP contribution in [-0.4, -0.2) is 73.0 Å². The third-order valence-corrected chi connectivity index (χ3v) is 5.50. The van der Waals surface area contributed by atoms with Gasteiger partial charge in [-0.3, -0.25) is 9.80 Å². The standard InChI is InChI=1S/C18H36N2O2/c1-17(2,3)19-10-8-16(14-19)22-12-9-18(4,5)20-11-7-15(13-20)21-6/h15-16H,7-14H2,1-6H3/t15-,16+/m0/s1. The fourth-order valence-corrected chi connectivity index (χ4v) is 3.58. The summed E-state index contributed by atoms with van der Waals surface area (Å²) in [6, 6.07) is 0. The highest BCUT2D eigenvalue weighted by atomic mass is 16.5. The molecule has 0 aromatic heterocycles. The van der Waals surface area contributed by atoms with Crippen LogP contribution in [0.25, 0.3) is 0 Å². The Balaban J connectivity index is 1.70. The Morgan fingerprint density at radius 1 is 0.909 bits per heavy atom. The molecule has 4 nitrogen and oxygen atoms in total. The Morgan fingerprint density at radius 3 is 2.05 bits per heavy atom. The first-order chi connectivity index (χ1) is 10.2. The van der Waals surface area contributed by atoms with Crippen LogP contribution in [0.4, 0.5) is 0 Å². The molecule has 4 heteroatoms. The van der Waals surface area contributed by atoms with Crippen LogP contribution in [0.15, 0.2) is 0 Å². The van der Waals surface area contributed by atoms with Crippen molar-refractivity contribution in [2.75, 3.05) is 39.9 Å². The lowest BCUT2D eigenvalue weighted by molar-refractivity contribution is 0.0173. The minimum Gasteiger partial charge on any atom is -0.380 e. The fourth-order valence-electron chi connectivity index (χ4n) is 3.58. The summed E-state index contributed by atoms with van der Waals surface area (Å²) < 4.78 is 11.7. The van der Waals surface area contributed by atoms with E-state index in [2.05, 4.69) is 44.4 Å². The van der Waals surface area contributed by atoms with Gasteiger partial charge in [0.15, 0.2) is 0 Å². The number of nitrogens with zero attached hydrogens (tertiary/aromatic N) is 2. The van der Waals surface area contributed by atoms with Crippen molar-refractivity contribution in [3.8, 4) is 0 Å². The molecule has 2 aliphatic heterocycles. The molecule has 0 aromatic carbocycles. The molecule has 22 heavy (non-hydrogen) atoms. The second kappa shape index (κ2) is 7.16. The molecule has 2 heterocycles. The SMILES string of the molecule is CO[C@H]1CCN(C(C)(C)CCO[C@@H]2CCN(C(C)(C)C)C2)C1. The van der Waals surface area contributed by atoms with E-state index in [0.717, 1.165) is 39.1 Å². The average molecular weight is 312 g/mol. The number of ether oxygens (including phenoxy) is 2. The maximum absolute atomic E-state index is 6.18. The molecule has 2 fully saturated rings. The number of hydrogen-bond donors (Lipinski definition) is 0. The van der Waals surface area contributed by atoms with Crippen LogP contribution < -0.4 is 0 Å². The summed E-state index contributed by atoms with van der Waals surface area (Å²) in [5, 5.41) is 0. The molecule has 0 N–H and O–H groups in total. The molecule has 2 aliphatic rings. The van der Waals surface area contributed by atoms with Gasteiger partial charge in [0.05, 0.1) is 12.2 Å². The van der Waals surface area contributed by atoms with E-state index in [4.69, 9.17) is 9.47 Å². The highest BCUT2D eigenvalue weighted by Crippen LogP contribution is 2.27. The molecule has 0 aliphatic carbocycles. The van der Waals surface area contributed by atoms with Gasteiger partial charge in [0.25, 0.3) is 0 Å². The third-order valence-electron chi connectivity index (χ3n) is 5.50. The molecule has 130 valence electrons. The van der Waals surface area contributed by atoms with Gasteiger partial charge in [-0.2, -0.15) is 0 Å². The van der Waals surface area contributed by atoms with Gasteiger partial charge in [0.1, 0.15) is 0 Å². The topological polar surface area (TPSA) is 24.9 Å². The monoisotopic (exact) mass is 312 g/mol. The van der Waals surface area contributed by atoms with Crippen LogP contribution in [0.1, 0.15) is 53.9 Å². The highest BCUT2D eigenvalue weighted by molar-refractivity contribution is 4.89. The molecule has 0 spiro atoms. The Labute approximate surface area is 137 Å². The zero-order valence-electron chi connectivity index (χ0n) is 15.5. The van der Waals surface area contributed by atoms with E-state index in [9.17, 15) is 0 Å². The normalized spacial score (nSPS) is 28.6. The van der Waals surface area contributed by atoms with Gasteiger partial charge in [-0.1, -0.05) is 0 Å². The molecule has 0 bridgehead atoms. The van der Waals surface area contributed by atoms with E-state index in [1.807, 2.05) is 7.11 Å². The molecule has 2 saturated heterocycles. The van der Waals surface area contributed by atoms with E-state index in [0.29, 0.717) is 12.2 Å². The quantitative estimate of drug-likeness (QED) is 0.753. The lowest BCUT2D eigenvalue weighted by Crippen LogP contribution is -2.44. The molecule has 2 atom stereocenters. The summed E-state index contributed by atoms with van der Waals surface area (Å²) >= 11 is 0. The fraction of sp³-hybridized carbons (Fsp3) is 1.00. The summed E-state index contributed by atoms with van der Waals surface area (Å²) in [4.78, 5) is 5.09. The van der Waals surface area contributed by atoms with Gasteiger partial charge in [0, 0.05) is 51.0 Å². The van der Waals surface area contributed by atoms with E-state index < -0.39 is 0 Å². The van der Waals surface area contributed by atoms with Gasteiger partial charge in [0.2, 0.25) is 0 Å². The second-order valence-electron chi connectivity index (χ2n) is 8.55. The van der Waals surface area contributed by atoms with Crippen LogP contribution in [-0.2, 0) is 9.47 Å².